The van der Waals surface area contributed by atoms with Gasteiger partial charge in [-0.05, 0) is 167 Å². The largest absolute Gasteiger partial charge is 0.0622 e. The molecule has 0 spiro atoms. The van der Waals surface area contributed by atoms with E-state index in [0.717, 1.165) is 0 Å². The maximum absolute atomic E-state index is 2.52. The average molecular weight is 891 g/mol. The Morgan fingerprint density at radius 1 is 0.200 bits per heavy atom. The van der Waals surface area contributed by atoms with Crippen LogP contribution in [0.2, 0.25) is 0 Å². The van der Waals surface area contributed by atoms with Crippen LogP contribution in [0.15, 0.2) is 231 Å². The Hall–Kier alpha value is -8.32. The quantitative estimate of drug-likeness (QED) is 0.151. The number of benzene rings is 12. The van der Waals surface area contributed by atoms with E-state index in [1.165, 1.54) is 143 Å². The van der Waals surface area contributed by atoms with Crippen LogP contribution in [0.5, 0.6) is 0 Å². The van der Waals surface area contributed by atoms with Crippen LogP contribution in [-0.4, -0.2) is 0 Å². The third-order valence-electron chi connectivity index (χ3n) is 16.3. The highest BCUT2D eigenvalue weighted by Gasteiger charge is 2.38. The van der Waals surface area contributed by atoms with Crippen LogP contribution < -0.4 is 0 Å². The Bertz CT molecular complexity index is 4030. The van der Waals surface area contributed by atoms with Crippen LogP contribution >= 0.6 is 0 Å². The standard InChI is InChI=1S/C70H50/c1-69(2)61-39-45(43-19-7-5-8-20-43)31-35-49(61)50-36-32-46(40-62(50)69)47-33-37-51-52-38-34-48(42-64(52)70(3,4)63(51)41-47)66-55-25-13-17-29-59(55)68(60-30-18-14-26-56(60)66)67-57-27-15-11-23-53(57)65(44-21-9-6-10-22-44)54-24-12-16-28-58(54)67/h5-42H,1-4H3. The summed E-state index contributed by atoms with van der Waals surface area (Å²) < 4.78 is 0. The molecule has 0 heteroatoms. The summed E-state index contributed by atoms with van der Waals surface area (Å²) >= 11 is 0. The second-order valence-corrected chi connectivity index (χ2v) is 20.7. The van der Waals surface area contributed by atoms with E-state index in [9.17, 15) is 0 Å². The first-order chi connectivity index (χ1) is 34.3. The fourth-order valence-corrected chi connectivity index (χ4v) is 12.8. The van der Waals surface area contributed by atoms with Crippen molar-refractivity contribution in [3.05, 3.63) is 253 Å². The van der Waals surface area contributed by atoms with E-state index >= 15 is 0 Å². The molecule has 0 unspecified atom stereocenters. The van der Waals surface area contributed by atoms with E-state index in [1.54, 1.807) is 0 Å². The van der Waals surface area contributed by atoms with Gasteiger partial charge in [-0.15, -0.1) is 0 Å². The van der Waals surface area contributed by atoms with E-state index in [4.69, 9.17) is 0 Å². The summed E-state index contributed by atoms with van der Waals surface area (Å²) in [6.45, 7) is 9.63. The van der Waals surface area contributed by atoms with Crippen molar-refractivity contribution in [2.24, 2.45) is 0 Å². The molecule has 0 bridgehead atoms. The molecule has 0 N–H and O–H groups in total. The fourth-order valence-electron chi connectivity index (χ4n) is 12.8. The normalized spacial score (nSPS) is 13.9. The molecular weight excluding hydrogens is 841 g/mol. The third-order valence-corrected chi connectivity index (χ3v) is 16.3. The van der Waals surface area contributed by atoms with Crippen molar-refractivity contribution in [3.8, 4) is 77.9 Å². The van der Waals surface area contributed by atoms with Gasteiger partial charge in [0, 0.05) is 10.8 Å². The van der Waals surface area contributed by atoms with Crippen LogP contribution in [0.25, 0.3) is 121 Å². The summed E-state index contributed by atoms with van der Waals surface area (Å²) in [5, 5.41) is 10.2. The molecule has 0 atom stereocenters. The van der Waals surface area contributed by atoms with Gasteiger partial charge in [-0.2, -0.15) is 0 Å². The molecule has 0 amide bonds. The number of hydrogen-bond acceptors (Lipinski definition) is 0. The monoisotopic (exact) mass is 890 g/mol. The van der Waals surface area contributed by atoms with Crippen molar-refractivity contribution < 1.29 is 0 Å². The van der Waals surface area contributed by atoms with Gasteiger partial charge in [-0.1, -0.05) is 234 Å². The summed E-state index contributed by atoms with van der Waals surface area (Å²) in [5.41, 5.74) is 23.3. The molecular formula is C70H50. The van der Waals surface area contributed by atoms with E-state index < -0.39 is 0 Å². The van der Waals surface area contributed by atoms with Crippen LogP contribution in [-0.2, 0) is 10.8 Å². The second-order valence-electron chi connectivity index (χ2n) is 20.7. The van der Waals surface area contributed by atoms with Crippen molar-refractivity contribution in [1.82, 2.24) is 0 Å². The number of rotatable bonds is 5. The number of fused-ring (bicyclic) bond motifs is 10. The van der Waals surface area contributed by atoms with Gasteiger partial charge in [-0.3, -0.25) is 0 Å². The SMILES string of the molecule is CC1(C)c2cc(-c3ccccc3)ccc2-c2ccc(-c3ccc4c(c3)C(C)(C)c3cc(-c5c6ccccc6c(-c6c7ccccc7c(-c7ccccc7)c7ccccc67)c6ccccc56)ccc3-4)cc21. The molecule has 2 aliphatic rings. The molecule has 0 saturated carbocycles. The maximum Gasteiger partial charge on any atom is 0.0159 e. The zero-order valence-electron chi connectivity index (χ0n) is 39.9. The summed E-state index contributed by atoms with van der Waals surface area (Å²) in [6.07, 6.45) is 0. The Balaban J connectivity index is 0.894. The van der Waals surface area contributed by atoms with Crippen LogP contribution in [0.3, 0.4) is 0 Å². The van der Waals surface area contributed by atoms with E-state index in [-0.39, 0.29) is 10.8 Å². The summed E-state index contributed by atoms with van der Waals surface area (Å²) in [4.78, 5) is 0. The van der Waals surface area contributed by atoms with Crippen molar-refractivity contribution in [2.45, 2.75) is 38.5 Å². The van der Waals surface area contributed by atoms with Gasteiger partial charge in [0.25, 0.3) is 0 Å². The van der Waals surface area contributed by atoms with E-state index in [1.807, 2.05) is 0 Å². The molecule has 330 valence electrons. The molecule has 0 heterocycles. The minimum absolute atomic E-state index is 0.116. The first kappa shape index (κ1) is 40.7. The molecule has 2 aliphatic carbocycles. The lowest BCUT2D eigenvalue weighted by Gasteiger charge is -2.24. The summed E-state index contributed by atoms with van der Waals surface area (Å²) in [7, 11) is 0. The van der Waals surface area contributed by atoms with Crippen LogP contribution in [0.1, 0.15) is 49.9 Å². The highest BCUT2D eigenvalue weighted by atomic mass is 14.4. The highest BCUT2D eigenvalue weighted by Crippen LogP contribution is 2.55. The molecule has 0 nitrogen and oxygen atoms in total. The molecule has 0 aliphatic heterocycles. The van der Waals surface area contributed by atoms with Crippen molar-refractivity contribution >= 4 is 43.1 Å². The minimum atomic E-state index is -0.208. The Morgan fingerprint density at radius 3 is 0.786 bits per heavy atom. The smallest absolute Gasteiger partial charge is 0.0159 e. The van der Waals surface area contributed by atoms with Gasteiger partial charge in [0.15, 0.2) is 0 Å². The van der Waals surface area contributed by atoms with Gasteiger partial charge in [0.1, 0.15) is 0 Å². The van der Waals surface area contributed by atoms with E-state index in [2.05, 4.69) is 258 Å². The van der Waals surface area contributed by atoms with Crippen LogP contribution in [0, 0.1) is 0 Å². The minimum Gasteiger partial charge on any atom is -0.0622 e. The lowest BCUT2D eigenvalue weighted by molar-refractivity contribution is 0.660. The zero-order valence-corrected chi connectivity index (χ0v) is 39.9. The first-order valence-corrected chi connectivity index (χ1v) is 24.8. The van der Waals surface area contributed by atoms with Crippen molar-refractivity contribution in [2.75, 3.05) is 0 Å². The summed E-state index contributed by atoms with van der Waals surface area (Å²) in [6, 6.07) is 86.7. The van der Waals surface area contributed by atoms with Gasteiger partial charge in [0.2, 0.25) is 0 Å². The molecule has 12 aromatic rings. The van der Waals surface area contributed by atoms with Crippen molar-refractivity contribution in [3.63, 3.8) is 0 Å². The first-order valence-electron chi connectivity index (χ1n) is 24.8. The van der Waals surface area contributed by atoms with E-state index in [0.29, 0.717) is 0 Å². The van der Waals surface area contributed by atoms with Crippen LogP contribution in [0.4, 0.5) is 0 Å². The Labute approximate surface area is 410 Å². The summed E-state index contributed by atoms with van der Waals surface area (Å²) in [5.74, 6) is 0. The van der Waals surface area contributed by atoms with Gasteiger partial charge < -0.3 is 0 Å². The molecule has 0 radical (unpaired) electrons. The van der Waals surface area contributed by atoms with Crippen molar-refractivity contribution in [1.29, 1.82) is 0 Å². The fraction of sp³-hybridized carbons (Fsp3) is 0.0857. The van der Waals surface area contributed by atoms with Gasteiger partial charge in [0.05, 0.1) is 0 Å². The predicted molar refractivity (Wildman–Crippen MR) is 299 cm³/mol. The van der Waals surface area contributed by atoms with Gasteiger partial charge >= 0.3 is 0 Å². The second kappa shape index (κ2) is 15.1. The topological polar surface area (TPSA) is 0 Å². The van der Waals surface area contributed by atoms with Gasteiger partial charge in [-0.25, -0.2) is 0 Å². The number of hydrogen-bond donors (Lipinski definition) is 0. The highest BCUT2D eigenvalue weighted by molar-refractivity contribution is 6.30. The lowest BCUT2D eigenvalue weighted by Crippen LogP contribution is -2.15. The molecule has 0 fully saturated rings. The average Bonchev–Trinajstić information content (AvgIpc) is 3.78. The molecule has 12 aromatic carbocycles. The maximum atomic E-state index is 2.52. The molecule has 70 heavy (non-hydrogen) atoms. The molecule has 14 rings (SSSR count). The zero-order chi connectivity index (χ0) is 46.9. The Morgan fingerprint density at radius 2 is 0.443 bits per heavy atom. The molecule has 0 aromatic heterocycles. The lowest BCUT2D eigenvalue weighted by atomic mass is 9.79. The third kappa shape index (κ3) is 5.83. The molecule has 0 saturated heterocycles. The Kier molecular flexibility index (Phi) is 8.78. The predicted octanol–water partition coefficient (Wildman–Crippen LogP) is 19.2.